The van der Waals surface area contributed by atoms with Crippen LogP contribution in [0.25, 0.3) is 0 Å². The summed E-state index contributed by atoms with van der Waals surface area (Å²) in [7, 11) is 0. The summed E-state index contributed by atoms with van der Waals surface area (Å²) in [6.45, 7) is 5.16. The van der Waals surface area contributed by atoms with Gasteiger partial charge in [-0.05, 0) is 30.0 Å². The molecule has 0 radical (unpaired) electrons. The minimum absolute atomic E-state index is 0.0297. The van der Waals surface area contributed by atoms with Crippen LogP contribution in [-0.4, -0.2) is 19.0 Å². The molecule has 2 rings (SSSR count). The minimum Gasteiger partial charge on any atom is -0.486 e. The Bertz CT molecular complexity index is 531. The number of benzene rings is 1. The molecular weight excluding hydrogens is 254 g/mol. The molecule has 1 aromatic rings. The Morgan fingerprint density at radius 1 is 1.30 bits per heavy atom. The van der Waals surface area contributed by atoms with E-state index >= 15 is 0 Å². The maximum absolute atomic E-state index is 12.2. The number of rotatable bonds is 5. The van der Waals surface area contributed by atoms with Gasteiger partial charge < -0.3 is 9.47 Å². The number of hydrogen-bond donors (Lipinski definition) is 0. The SMILES string of the molecule is CC(C)CCC(=O)C(C#N)c1ccc2c(c1)OCCO2. The summed E-state index contributed by atoms with van der Waals surface area (Å²) in [5.74, 6) is 0.998. The minimum atomic E-state index is -0.718. The van der Waals surface area contributed by atoms with E-state index < -0.39 is 5.92 Å². The van der Waals surface area contributed by atoms with E-state index in [4.69, 9.17) is 9.47 Å². The van der Waals surface area contributed by atoms with Crippen LogP contribution >= 0.6 is 0 Å². The Labute approximate surface area is 119 Å². The maximum atomic E-state index is 12.2. The summed E-state index contributed by atoms with van der Waals surface area (Å²) in [6, 6.07) is 7.39. The Kier molecular flexibility index (Phi) is 4.62. The number of hydrogen-bond acceptors (Lipinski definition) is 4. The van der Waals surface area contributed by atoms with Crippen molar-refractivity contribution < 1.29 is 14.3 Å². The molecule has 0 fully saturated rings. The van der Waals surface area contributed by atoms with Gasteiger partial charge in [-0.25, -0.2) is 0 Å². The van der Waals surface area contributed by atoms with Gasteiger partial charge in [0.25, 0.3) is 0 Å². The Balaban J connectivity index is 2.15. The summed E-state index contributed by atoms with van der Waals surface area (Å²) in [4.78, 5) is 12.2. The molecule has 1 heterocycles. The third kappa shape index (κ3) is 3.30. The van der Waals surface area contributed by atoms with Crippen molar-refractivity contribution in [3.8, 4) is 17.6 Å². The van der Waals surface area contributed by atoms with E-state index in [1.54, 1.807) is 18.2 Å². The van der Waals surface area contributed by atoms with E-state index in [-0.39, 0.29) is 5.78 Å². The summed E-state index contributed by atoms with van der Waals surface area (Å²) in [5, 5.41) is 9.28. The average molecular weight is 273 g/mol. The molecule has 1 aliphatic heterocycles. The quantitative estimate of drug-likeness (QED) is 0.827. The molecule has 1 atom stereocenters. The highest BCUT2D eigenvalue weighted by atomic mass is 16.6. The normalized spacial score (nSPS) is 14.7. The van der Waals surface area contributed by atoms with Crippen molar-refractivity contribution in [1.29, 1.82) is 5.26 Å². The van der Waals surface area contributed by atoms with Crippen molar-refractivity contribution in [2.24, 2.45) is 5.92 Å². The second-order valence-corrected chi connectivity index (χ2v) is 5.36. The molecule has 0 amide bonds. The van der Waals surface area contributed by atoms with E-state index in [9.17, 15) is 10.1 Å². The summed E-state index contributed by atoms with van der Waals surface area (Å²) < 4.78 is 10.9. The fourth-order valence-electron chi connectivity index (χ4n) is 2.15. The van der Waals surface area contributed by atoms with Crippen LogP contribution in [0.5, 0.6) is 11.5 Å². The van der Waals surface area contributed by atoms with Gasteiger partial charge in [0.15, 0.2) is 17.3 Å². The van der Waals surface area contributed by atoms with Crippen molar-refractivity contribution in [3.63, 3.8) is 0 Å². The van der Waals surface area contributed by atoms with Crippen LogP contribution in [0.15, 0.2) is 18.2 Å². The molecule has 0 aliphatic carbocycles. The van der Waals surface area contributed by atoms with Crippen LogP contribution in [0.3, 0.4) is 0 Å². The zero-order valence-electron chi connectivity index (χ0n) is 11.9. The molecule has 4 nitrogen and oxygen atoms in total. The Morgan fingerprint density at radius 2 is 2.00 bits per heavy atom. The van der Waals surface area contributed by atoms with Crippen molar-refractivity contribution in [2.45, 2.75) is 32.6 Å². The van der Waals surface area contributed by atoms with E-state index in [1.165, 1.54) is 0 Å². The molecule has 20 heavy (non-hydrogen) atoms. The van der Waals surface area contributed by atoms with Gasteiger partial charge in [0.05, 0.1) is 6.07 Å². The van der Waals surface area contributed by atoms with Gasteiger partial charge in [0, 0.05) is 6.42 Å². The molecule has 1 aromatic carbocycles. The number of ketones is 1. The van der Waals surface area contributed by atoms with Gasteiger partial charge in [-0.15, -0.1) is 0 Å². The number of nitrogens with zero attached hydrogens (tertiary/aromatic N) is 1. The van der Waals surface area contributed by atoms with E-state index in [2.05, 4.69) is 19.9 Å². The van der Waals surface area contributed by atoms with Gasteiger partial charge in [-0.1, -0.05) is 19.9 Å². The van der Waals surface area contributed by atoms with Gasteiger partial charge in [0.1, 0.15) is 19.1 Å². The highest BCUT2D eigenvalue weighted by Gasteiger charge is 2.22. The highest BCUT2D eigenvalue weighted by molar-refractivity contribution is 5.88. The lowest BCUT2D eigenvalue weighted by molar-refractivity contribution is -0.119. The fourth-order valence-corrected chi connectivity index (χ4v) is 2.15. The first-order chi connectivity index (χ1) is 9.61. The Hall–Kier alpha value is -2.02. The van der Waals surface area contributed by atoms with Crippen molar-refractivity contribution >= 4 is 5.78 Å². The first-order valence-corrected chi connectivity index (χ1v) is 6.93. The first-order valence-electron chi connectivity index (χ1n) is 6.93. The third-order valence-electron chi connectivity index (χ3n) is 3.32. The number of carbonyl (C=O) groups is 1. The van der Waals surface area contributed by atoms with Gasteiger partial charge in [0.2, 0.25) is 0 Å². The third-order valence-corrected chi connectivity index (χ3v) is 3.32. The van der Waals surface area contributed by atoms with Gasteiger partial charge >= 0.3 is 0 Å². The van der Waals surface area contributed by atoms with Crippen LogP contribution in [0.2, 0.25) is 0 Å². The zero-order chi connectivity index (χ0) is 14.5. The summed E-state index contributed by atoms with van der Waals surface area (Å²) >= 11 is 0. The molecule has 1 aliphatic rings. The van der Waals surface area contributed by atoms with Crippen LogP contribution in [0.1, 0.15) is 38.2 Å². The largest absolute Gasteiger partial charge is 0.486 e. The topological polar surface area (TPSA) is 59.3 Å². The molecule has 0 N–H and O–H groups in total. The maximum Gasteiger partial charge on any atom is 0.161 e. The monoisotopic (exact) mass is 273 g/mol. The standard InChI is InChI=1S/C16H19NO3/c1-11(2)3-5-14(18)13(10-17)12-4-6-15-16(9-12)20-8-7-19-15/h4,6,9,11,13H,3,5,7-8H2,1-2H3. The molecule has 106 valence electrons. The molecule has 4 heteroatoms. The fraction of sp³-hybridized carbons (Fsp3) is 0.500. The predicted molar refractivity (Wildman–Crippen MR) is 74.9 cm³/mol. The molecule has 1 unspecified atom stereocenters. The molecular formula is C16H19NO3. The number of carbonyl (C=O) groups excluding carboxylic acids is 1. The number of Topliss-reactive ketones (excluding diaryl/α,β-unsaturated/α-hetero) is 1. The van der Waals surface area contributed by atoms with Crippen molar-refractivity contribution in [3.05, 3.63) is 23.8 Å². The summed E-state index contributed by atoms with van der Waals surface area (Å²) in [5.41, 5.74) is 0.686. The van der Waals surface area contributed by atoms with Crippen LogP contribution in [-0.2, 0) is 4.79 Å². The predicted octanol–water partition coefficient (Wildman–Crippen LogP) is 3.07. The first kappa shape index (κ1) is 14.4. The number of ether oxygens (including phenoxy) is 2. The van der Waals surface area contributed by atoms with E-state index in [0.717, 1.165) is 6.42 Å². The lowest BCUT2D eigenvalue weighted by Gasteiger charge is -2.19. The van der Waals surface area contributed by atoms with Crippen LogP contribution < -0.4 is 9.47 Å². The van der Waals surface area contributed by atoms with Crippen LogP contribution in [0.4, 0.5) is 0 Å². The lowest BCUT2D eigenvalue weighted by Crippen LogP contribution is -2.16. The van der Waals surface area contributed by atoms with Crippen LogP contribution in [0, 0.1) is 17.2 Å². The zero-order valence-corrected chi connectivity index (χ0v) is 11.9. The van der Waals surface area contributed by atoms with E-state index in [0.29, 0.717) is 42.6 Å². The molecule has 0 spiro atoms. The molecule has 0 saturated heterocycles. The lowest BCUT2D eigenvalue weighted by atomic mass is 9.91. The second kappa shape index (κ2) is 6.42. The highest BCUT2D eigenvalue weighted by Crippen LogP contribution is 2.33. The molecule has 0 bridgehead atoms. The summed E-state index contributed by atoms with van der Waals surface area (Å²) in [6.07, 6.45) is 1.24. The molecule has 0 aromatic heterocycles. The number of nitriles is 1. The smallest absolute Gasteiger partial charge is 0.161 e. The second-order valence-electron chi connectivity index (χ2n) is 5.36. The van der Waals surface area contributed by atoms with Crippen molar-refractivity contribution in [2.75, 3.05) is 13.2 Å². The Morgan fingerprint density at radius 3 is 2.65 bits per heavy atom. The van der Waals surface area contributed by atoms with Crippen molar-refractivity contribution in [1.82, 2.24) is 0 Å². The van der Waals surface area contributed by atoms with E-state index in [1.807, 2.05) is 0 Å². The van der Waals surface area contributed by atoms with Gasteiger partial charge in [-0.2, -0.15) is 5.26 Å². The number of fused-ring (bicyclic) bond motifs is 1. The molecule has 0 saturated carbocycles. The van der Waals surface area contributed by atoms with Gasteiger partial charge in [-0.3, -0.25) is 4.79 Å². The average Bonchev–Trinajstić information content (AvgIpc) is 2.45.